The summed E-state index contributed by atoms with van der Waals surface area (Å²) in [5, 5.41) is 8.92. The first-order valence-electron chi connectivity index (χ1n) is 4.61. The number of carbonyl (C=O) groups is 1. The Hall–Kier alpha value is -1.77. The Balaban J connectivity index is 2.98. The minimum atomic E-state index is -1.24. The summed E-state index contributed by atoms with van der Waals surface area (Å²) in [6.45, 7) is 6.66. The smallest absolute Gasteiger partial charge is 0.347 e. The molecular formula is C12H14O3. The Bertz CT molecular complexity index is 380. The van der Waals surface area contributed by atoms with Crippen molar-refractivity contribution in [1.29, 1.82) is 0 Å². The minimum Gasteiger partial charge on any atom is -0.478 e. The highest BCUT2D eigenvalue weighted by Gasteiger charge is 2.29. The highest BCUT2D eigenvalue weighted by Crippen LogP contribution is 2.23. The standard InChI is InChI=1S/C12H14O3/c1-4-9-7-5-6-8-10(9)15-12(2,3)11(13)14/h4-8H,1H2,2-3H3,(H,13,14). The van der Waals surface area contributed by atoms with E-state index in [4.69, 9.17) is 9.84 Å². The minimum absolute atomic E-state index is 0.528. The Morgan fingerprint density at radius 3 is 2.60 bits per heavy atom. The van der Waals surface area contributed by atoms with E-state index in [0.29, 0.717) is 5.75 Å². The predicted molar refractivity (Wildman–Crippen MR) is 58.9 cm³/mol. The van der Waals surface area contributed by atoms with Gasteiger partial charge in [0.1, 0.15) is 5.75 Å². The van der Waals surface area contributed by atoms with Gasteiger partial charge in [0.15, 0.2) is 5.60 Å². The summed E-state index contributed by atoms with van der Waals surface area (Å²) < 4.78 is 5.41. The lowest BCUT2D eigenvalue weighted by atomic mass is 10.1. The molecule has 1 rings (SSSR count). The van der Waals surface area contributed by atoms with Crippen LogP contribution in [0.2, 0.25) is 0 Å². The van der Waals surface area contributed by atoms with Crippen LogP contribution in [-0.4, -0.2) is 16.7 Å². The quantitative estimate of drug-likeness (QED) is 0.823. The number of carboxylic acid groups (broad SMARTS) is 1. The summed E-state index contributed by atoms with van der Waals surface area (Å²) in [7, 11) is 0. The topological polar surface area (TPSA) is 46.5 Å². The molecule has 3 heteroatoms. The largest absolute Gasteiger partial charge is 0.478 e. The van der Waals surface area contributed by atoms with Crippen molar-refractivity contribution in [3.63, 3.8) is 0 Å². The van der Waals surface area contributed by atoms with Gasteiger partial charge in [0, 0.05) is 5.56 Å². The molecular weight excluding hydrogens is 192 g/mol. The molecule has 0 amide bonds. The van der Waals surface area contributed by atoms with Crippen LogP contribution in [0.25, 0.3) is 6.08 Å². The average Bonchev–Trinajstić information content (AvgIpc) is 2.18. The van der Waals surface area contributed by atoms with Crippen LogP contribution in [0, 0.1) is 0 Å². The predicted octanol–water partition coefficient (Wildman–Crippen LogP) is 2.57. The van der Waals surface area contributed by atoms with E-state index in [-0.39, 0.29) is 0 Å². The van der Waals surface area contributed by atoms with Gasteiger partial charge in [-0.1, -0.05) is 30.9 Å². The zero-order valence-electron chi connectivity index (χ0n) is 8.86. The van der Waals surface area contributed by atoms with Gasteiger partial charge in [-0.2, -0.15) is 0 Å². The second-order valence-corrected chi connectivity index (χ2v) is 3.66. The highest BCUT2D eigenvalue weighted by molar-refractivity contribution is 5.77. The summed E-state index contributed by atoms with van der Waals surface area (Å²) in [6, 6.07) is 7.18. The zero-order chi connectivity index (χ0) is 11.5. The molecule has 0 atom stereocenters. The number of para-hydroxylation sites is 1. The molecule has 1 aromatic carbocycles. The molecule has 1 aromatic rings. The number of benzene rings is 1. The fraction of sp³-hybridized carbons (Fsp3) is 0.250. The van der Waals surface area contributed by atoms with E-state index < -0.39 is 11.6 Å². The van der Waals surface area contributed by atoms with Crippen molar-refractivity contribution < 1.29 is 14.6 Å². The van der Waals surface area contributed by atoms with Gasteiger partial charge < -0.3 is 9.84 Å². The summed E-state index contributed by atoms with van der Waals surface area (Å²) in [5.74, 6) is -0.471. The molecule has 0 saturated carbocycles. The van der Waals surface area contributed by atoms with Gasteiger partial charge in [0.25, 0.3) is 0 Å². The van der Waals surface area contributed by atoms with Crippen LogP contribution in [0.1, 0.15) is 19.4 Å². The van der Waals surface area contributed by atoms with Crippen LogP contribution in [0.4, 0.5) is 0 Å². The Morgan fingerprint density at radius 1 is 1.47 bits per heavy atom. The fourth-order valence-corrected chi connectivity index (χ4v) is 1.06. The summed E-state index contributed by atoms with van der Waals surface area (Å²) in [4.78, 5) is 10.9. The molecule has 80 valence electrons. The van der Waals surface area contributed by atoms with Gasteiger partial charge in [-0.05, 0) is 19.9 Å². The molecule has 0 spiro atoms. The number of rotatable bonds is 4. The number of aliphatic carboxylic acids is 1. The maximum absolute atomic E-state index is 10.9. The van der Waals surface area contributed by atoms with Crippen LogP contribution in [-0.2, 0) is 4.79 Å². The first-order chi connectivity index (χ1) is 6.97. The van der Waals surface area contributed by atoms with Crippen molar-refractivity contribution in [3.05, 3.63) is 36.4 Å². The molecule has 0 radical (unpaired) electrons. The van der Waals surface area contributed by atoms with Gasteiger partial charge in [0.05, 0.1) is 0 Å². The van der Waals surface area contributed by atoms with E-state index in [2.05, 4.69) is 6.58 Å². The Morgan fingerprint density at radius 2 is 2.07 bits per heavy atom. The first kappa shape index (κ1) is 11.3. The number of hydrogen-bond donors (Lipinski definition) is 1. The molecule has 0 aliphatic carbocycles. The van der Waals surface area contributed by atoms with E-state index >= 15 is 0 Å². The van der Waals surface area contributed by atoms with Crippen molar-refractivity contribution in [2.45, 2.75) is 19.4 Å². The third-order valence-electron chi connectivity index (χ3n) is 2.02. The van der Waals surface area contributed by atoms with Crippen LogP contribution in [0.5, 0.6) is 5.75 Å². The third-order valence-corrected chi connectivity index (χ3v) is 2.02. The van der Waals surface area contributed by atoms with Gasteiger partial charge in [-0.3, -0.25) is 0 Å². The average molecular weight is 206 g/mol. The molecule has 1 N–H and O–H groups in total. The van der Waals surface area contributed by atoms with Gasteiger partial charge in [-0.25, -0.2) is 4.79 Å². The lowest BCUT2D eigenvalue weighted by Gasteiger charge is -2.22. The summed E-state index contributed by atoms with van der Waals surface area (Å²) in [5.41, 5.74) is -0.453. The van der Waals surface area contributed by atoms with Gasteiger partial charge in [-0.15, -0.1) is 0 Å². The molecule has 3 nitrogen and oxygen atoms in total. The van der Waals surface area contributed by atoms with E-state index in [1.54, 1.807) is 18.2 Å². The fourth-order valence-electron chi connectivity index (χ4n) is 1.06. The van der Waals surface area contributed by atoms with E-state index in [9.17, 15) is 4.79 Å². The molecule has 0 aromatic heterocycles. The van der Waals surface area contributed by atoms with Gasteiger partial charge in [0.2, 0.25) is 0 Å². The third kappa shape index (κ3) is 2.59. The van der Waals surface area contributed by atoms with Crippen molar-refractivity contribution in [2.24, 2.45) is 0 Å². The molecule has 0 aliphatic rings. The lowest BCUT2D eigenvalue weighted by molar-refractivity contribution is -0.152. The lowest BCUT2D eigenvalue weighted by Crippen LogP contribution is -2.38. The normalized spacial score (nSPS) is 10.8. The molecule has 0 heterocycles. The molecule has 0 aliphatic heterocycles. The van der Waals surface area contributed by atoms with Gasteiger partial charge >= 0.3 is 5.97 Å². The van der Waals surface area contributed by atoms with Crippen LogP contribution < -0.4 is 4.74 Å². The number of ether oxygens (including phenoxy) is 1. The molecule has 0 saturated heterocycles. The van der Waals surface area contributed by atoms with Crippen molar-refractivity contribution in [2.75, 3.05) is 0 Å². The van der Waals surface area contributed by atoms with Crippen molar-refractivity contribution in [1.82, 2.24) is 0 Å². The van der Waals surface area contributed by atoms with Crippen LogP contribution in [0.15, 0.2) is 30.8 Å². The van der Waals surface area contributed by atoms with Crippen molar-refractivity contribution in [3.8, 4) is 5.75 Å². The Labute approximate surface area is 89.0 Å². The van der Waals surface area contributed by atoms with Crippen molar-refractivity contribution >= 4 is 12.0 Å². The molecule has 15 heavy (non-hydrogen) atoms. The second-order valence-electron chi connectivity index (χ2n) is 3.66. The molecule has 0 fully saturated rings. The first-order valence-corrected chi connectivity index (χ1v) is 4.61. The molecule has 0 unspecified atom stereocenters. The summed E-state index contributed by atoms with van der Waals surface area (Å²) >= 11 is 0. The second kappa shape index (κ2) is 4.17. The van der Waals surface area contributed by atoms with Crippen LogP contribution in [0.3, 0.4) is 0 Å². The number of carboxylic acids is 1. The van der Waals surface area contributed by atoms with E-state index in [1.807, 2.05) is 12.1 Å². The SMILES string of the molecule is C=Cc1ccccc1OC(C)(C)C(=O)O. The maximum Gasteiger partial charge on any atom is 0.347 e. The van der Waals surface area contributed by atoms with E-state index in [1.165, 1.54) is 13.8 Å². The molecule has 0 bridgehead atoms. The monoisotopic (exact) mass is 206 g/mol. The van der Waals surface area contributed by atoms with Crippen LogP contribution >= 0.6 is 0 Å². The summed E-state index contributed by atoms with van der Waals surface area (Å²) in [6.07, 6.45) is 1.63. The number of hydrogen-bond acceptors (Lipinski definition) is 2. The Kier molecular flexibility index (Phi) is 3.14. The zero-order valence-corrected chi connectivity index (χ0v) is 8.86. The van der Waals surface area contributed by atoms with E-state index in [0.717, 1.165) is 5.56 Å². The highest BCUT2D eigenvalue weighted by atomic mass is 16.5. The maximum atomic E-state index is 10.9.